The summed E-state index contributed by atoms with van der Waals surface area (Å²) in [5.41, 5.74) is 0.229. The maximum atomic E-state index is 12.9. The van der Waals surface area contributed by atoms with Crippen molar-refractivity contribution in [3.05, 3.63) is 47.7 Å². The molecule has 0 saturated carbocycles. The van der Waals surface area contributed by atoms with E-state index in [4.69, 9.17) is 4.74 Å². The Bertz CT molecular complexity index is 774. The second-order valence-corrected chi connectivity index (χ2v) is 8.39. The van der Waals surface area contributed by atoms with E-state index in [-0.39, 0.29) is 17.6 Å². The number of aliphatic hydroxyl groups excluding tert-OH is 1. The van der Waals surface area contributed by atoms with Crippen molar-refractivity contribution >= 4 is 18.0 Å². The number of nitrogens with one attached hydrogen (secondary N) is 4. The molecule has 2 atom stereocenters. The lowest BCUT2D eigenvalue weighted by Gasteiger charge is -2.25. The minimum atomic E-state index is -0.766. The summed E-state index contributed by atoms with van der Waals surface area (Å²) in [6, 6.07) is 8.08. The van der Waals surface area contributed by atoms with Crippen LogP contribution in [0.3, 0.4) is 0 Å². The second-order valence-electron chi connectivity index (χ2n) is 8.39. The molecular weight excluding hydrogens is 412 g/mol. The molecule has 0 radical (unpaired) electrons. The molecule has 0 aliphatic heterocycles. The first-order chi connectivity index (χ1) is 15.1. The number of unbranched alkanes of at least 4 members (excludes halogenated alkanes) is 1. The molecule has 178 valence electrons. The molecule has 0 saturated heterocycles. The van der Waals surface area contributed by atoms with Crippen molar-refractivity contribution in [2.45, 2.75) is 64.6 Å². The van der Waals surface area contributed by atoms with Gasteiger partial charge in [-0.1, -0.05) is 30.3 Å². The first-order valence-electron chi connectivity index (χ1n) is 10.7. The zero-order valence-electron chi connectivity index (χ0n) is 19.5. The fourth-order valence-corrected chi connectivity index (χ4v) is 2.93. The second kappa shape index (κ2) is 13.2. The van der Waals surface area contributed by atoms with Gasteiger partial charge in [-0.05, 0) is 52.5 Å². The van der Waals surface area contributed by atoms with Crippen LogP contribution in [-0.4, -0.2) is 48.4 Å². The molecule has 1 aromatic carbocycles. The van der Waals surface area contributed by atoms with E-state index in [0.29, 0.717) is 25.8 Å². The summed E-state index contributed by atoms with van der Waals surface area (Å²) in [4.78, 5) is 36.5. The van der Waals surface area contributed by atoms with Crippen molar-refractivity contribution in [2.24, 2.45) is 0 Å². The highest BCUT2D eigenvalue weighted by atomic mass is 16.6. The molecule has 4 amide bonds. The predicted octanol–water partition coefficient (Wildman–Crippen LogP) is 3.30. The van der Waals surface area contributed by atoms with Gasteiger partial charge in [0, 0.05) is 13.6 Å². The van der Waals surface area contributed by atoms with Gasteiger partial charge in [0.15, 0.2) is 0 Å². The molecule has 0 fully saturated rings. The lowest BCUT2D eigenvalue weighted by atomic mass is 10.00. The molecule has 0 aromatic heterocycles. The van der Waals surface area contributed by atoms with Crippen LogP contribution < -0.4 is 21.3 Å². The maximum Gasteiger partial charge on any atom is 0.408 e. The fraction of sp³-hybridized carbons (Fsp3) is 0.522. The third kappa shape index (κ3) is 10.2. The number of amides is 4. The molecule has 1 rings (SSSR count). The van der Waals surface area contributed by atoms with Gasteiger partial charge in [0.1, 0.15) is 5.60 Å². The van der Waals surface area contributed by atoms with Crippen molar-refractivity contribution in [1.82, 2.24) is 21.3 Å². The Morgan fingerprint density at radius 3 is 2.31 bits per heavy atom. The van der Waals surface area contributed by atoms with E-state index in [2.05, 4.69) is 21.3 Å². The van der Waals surface area contributed by atoms with Crippen molar-refractivity contribution in [3.63, 3.8) is 0 Å². The van der Waals surface area contributed by atoms with Gasteiger partial charge < -0.3 is 31.1 Å². The molecule has 0 unspecified atom stereocenters. The predicted molar refractivity (Wildman–Crippen MR) is 123 cm³/mol. The molecule has 0 aliphatic carbocycles. The van der Waals surface area contributed by atoms with Crippen LogP contribution in [0.2, 0.25) is 0 Å². The van der Waals surface area contributed by atoms with E-state index in [1.54, 1.807) is 20.8 Å². The third-order valence-corrected chi connectivity index (χ3v) is 4.55. The number of hydrogen-bond acceptors (Lipinski definition) is 5. The highest BCUT2D eigenvalue weighted by Gasteiger charge is 2.26. The van der Waals surface area contributed by atoms with Crippen molar-refractivity contribution in [3.8, 4) is 0 Å². The Kier molecular flexibility index (Phi) is 11.1. The zero-order valence-corrected chi connectivity index (χ0v) is 19.5. The lowest BCUT2D eigenvalue weighted by Crippen LogP contribution is -2.44. The van der Waals surface area contributed by atoms with Gasteiger partial charge >= 0.3 is 12.1 Å². The first-order valence-corrected chi connectivity index (χ1v) is 10.7. The quantitative estimate of drug-likeness (QED) is 0.213. The van der Waals surface area contributed by atoms with Crippen LogP contribution in [-0.2, 0) is 9.53 Å². The van der Waals surface area contributed by atoms with Crippen molar-refractivity contribution < 1.29 is 24.2 Å². The zero-order chi connectivity index (χ0) is 24.1. The summed E-state index contributed by atoms with van der Waals surface area (Å²) in [5.74, 6) is -0.492. The summed E-state index contributed by atoms with van der Waals surface area (Å²) in [6.45, 7) is 7.49. The van der Waals surface area contributed by atoms with E-state index in [9.17, 15) is 19.5 Å². The Balaban J connectivity index is 2.84. The SMILES string of the molecule is CNC(=O)NCCCC[C@H](NC(=O)OC(C)(C)C)/C(=C/O)C(=O)N[C@H](C)c1ccccc1. The number of rotatable bonds is 10. The molecule has 0 aliphatic rings. The number of carbonyl (C=O) groups excluding carboxylic acids is 3. The van der Waals surface area contributed by atoms with Crippen LogP contribution >= 0.6 is 0 Å². The normalized spacial score (nSPS) is 13.5. The van der Waals surface area contributed by atoms with Gasteiger partial charge in [-0.3, -0.25) is 4.79 Å². The number of benzene rings is 1. The van der Waals surface area contributed by atoms with E-state index in [1.165, 1.54) is 7.05 Å². The Morgan fingerprint density at radius 1 is 1.09 bits per heavy atom. The smallest absolute Gasteiger partial charge is 0.408 e. The first kappa shape index (κ1) is 26.8. The van der Waals surface area contributed by atoms with Gasteiger partial charge in [-0.25, -0.2) is 9.59 Å². The molecule has 1 aromatic rings. The van der Waals surface area contributed by atoms with E-state index in [1.807, 2.05) is 37.3 Å². The third-order valence-electron chi connectivity index (χ3n) is 4.55. The fourth-order valence-electron chi connectivity index (χ4n) is 2.93. The molecular formula is C23H36N4O5. The summed E-state index contributed by atoms with van der Waals surface area (Å²) in [5, 5.41) is 20.5. The molecule has 9 heteroatoms. The molecule has 32 heavy (non-hydrogen) atoms. The number of carbonyl (C=O) groups is 3. The number of ether oxygens (including phenoxy) is 1. The van der Waals surface area contributed by atoms with E-state index < -0.39 is 23.6 Å². The minimum absolute atomic E-state index is 0.0258. The highest BCUT2D eigenvalue weighted by molar-refractivity contribution is 5.95. The van der Waals surface area contributed by atoms with Crippen LogP contribution in [0.25, 0.3) is 0 Å². The van der Waals surface area contributed by atoms with E-state index >= 15 is 0 Å². The molecule has 0 heterocycles. The average molecular weight is 449 g/mol. The topological polar surface area (TPSA) is 129 Å². The highest BCUT2D eigenvalue weighted by Crippen LogP contribution is 2.16. The van der Waals surface area contributed by atoms with Crippen LogP contribution in [0.15, 0.2) is 42.2 Å². The Labute approximate surface area is 190 Å². The number of urea groups is 1. The monoisotopic (exact) mass is 448 g/mol. The minimum Gasteiger partial charge on any atom is -0.515 e. The van der Waals surface area contributed by atoms with Crippen molar-refractivity contribution in [1.29, 1.82) is 0 Å². The van der Waals surface area contributed by atoms with Crippen LogP contribution in [0.5, 0.6) is 0 Å². The van der Waals surface area contributed by atoms with Gasteiger partial charge in [-0.15, -0.1) is 0 Å². The summed E-state index contributed by atoms with van der Waals surface area (Å²) in [7, 11) is 1.53. The van der Waals surface area contributed by atoms with E-state index in [0.717, 1.165) is 11.8 Å². The van der Waals surface area contributed by atoms with Gasteiger partial charge in [0.2, 0.25) is 0 Å². The summed E-state index contributed by atoms with van der Waals surface area (Å²) in [6.07, 6.45) is 1.62. The molecule has 9 nitrogen and oxygen atoms in total. The number of aliphatic hydroxyl groups is 1. The van der Waals surface area contributed by atoms with Gasteiger partial charge in [-0.2, -0.15) is 0 Å². The summed E-state index contributed by atoms with van der Waals surface area (Å²) < 4.78 is 5.31. The molecule has 0 spiro atoms. The number of hydrogen-bond donors (Lipinski definition) is 5. The van der Waals surface area contributed by atoms with Crippen LogP contribution in [0.4, 0.5) is 9.59 Å². The maximum absolute atomic E-state index is 12.9. The molecule has 5 N–H and O–H groups in total. The largest absolute Gasteiger partial charge is 0.515 e. The van der Waals surface area contributed by atoms with Crippen molar-refractivity contribution in [2.75, 3.05) is 13.6 Å². The van der Waals surface area contributed by atoms with Gasteiger partial charge in [0.25, 0.3) is 5.91 Å². The lowest BCUT2D eigenvalue weighted by molar-refractivity contribution is -0.118. The molecule has 0 bridgehead atoms. The Morgan fingerprint density at radius 2 is 1.75 bits per heavy atom. The van der Waals surface area contributed by atoms with Crippen LogP contribution in [0.1, 0.15) is 58.6 Å². The standard InChI is InChI=1S/C23H36N4O5/c1-16(17-11-7-6-8-12-17)26-20(29)18(15-28)19(27-22(31)32-23(2,3)4)13-9-10-14-25-21(30)24-5/h6-8,11-12,15-16,19,28H,9-10,13-14H2,1-5H3,(H,26,29)(H,27,31)(H2,24,25,30)/b18-15-/t16-,19+/m1/s1. The Hall–Kier alpha value is -3.23. The average Bonchev–Trinajstić information content (AvgIpc) is 2.72. The summed E-state index contributed by atoms with van der Waals surface area (Å²) >= 11 is 0. The van der Waals surface area contributed by atoms with Gasteiger partial charge in [0.05, 0.1) is 23.9 Å². The van der Waals surface area contributed by atoms with Crippen LogP contribution in [0, 0.1) is 0 Å². The number of alkyl carbamates (subject to hydrolysis) is 1.